The minimum absolute atomic E-state index is 0.749. The highest BCUT2D eigenvalue weighted by molar-refractivity contribution is 7.16. The van der Waals surface area contributed by atoms with Crippen LogP contribution in [0.2, 0.25) is 0 Å². The van der Waals surface area contributed by atoms with E-state index in [-0.39, 0.29) is 0 Å². The molecular formula is C16H17P. The molecule has 2 aromatic rings. The summed E-state index contributed by atoms with van der Waals surface area (Å²) in [6.07, 6.45) is 3.73. The second-order valence-corrected chi connectivity index (χ2v) is 5.18. The summed E-state index contributed by atoms with van der Waals surface area (Å²) in [5.41, 5.74) is 5.94. The van der Waals surface area contributed by atoms with Crippen LogP contribution in [0, 0.1) is 0 Å². The molecule has 0 saturated heterocycles. The number of benzene rings is 2. The van der Waals surface area contributed by atoms with Gasteiger partial charge in [0.05, 0.1) is 0 Å². The molecule has 1 heteroatoms. The molecule has 1 aliphatic rings. The second kappa shape index (κ2) is 4.63. The molecule has 0 nitrogen and oxygen atoms in total. The van der Waals surface area contributed by atoms with Gasteiger partial charge >= 0.3 is 0 Å². The average molecular weight is 240 g/mol. The third kappa shape index (κ3) is 1.91. The Bertz CT molecular complexity index is 516. The van der Waals surface area contributed by atoms with Gasteiger partial charge in [-0.25, -0.2) is 0 Å². The van der Waals surface area contributed by atoms with Gasteiger partial charge in [0.1, 0.15) is 0 Å². The fourth-order valence-corrected chi connectivity index (χ4v) is 3.36. The number of rotatable bonds is 2. The Morgan fingerprint density at radius 3 is 2.59 bits per heavy atom. The third-order valence-corrected chi connectivity index (χ3v) is 4.33. The van der Waals surface area contributed by atoms with Crippen LogP contribution in [0.1, 0.15) is 23.5 Å². The first-order valence-electron chi connectivity index (χ1n) is 6.27. The molecule has 0 N–H and O–H groups in total. The molecule has 2 aromatic carbocycles. The third-order valence-electron chi connectivity index (χ3n) is 3.76. The van der Waals surface area contributed by atoms with Crippen molar-refractivity contribution in [1.82, 2.24) is 0 Å². The monoisotopic (exact) mass is 240 g/mol. The van der Waals surface area contributed by atoms with Crippen LogP contribution in [-0.2, 0) is 6.42 Å². The Labute approximate surface area is 105 Å². The summed E-state index contributed by atoms with van der Waals surface area (Å²) in [6, 6.07) is 17.5. The van der Waals surface area contributed by atoms with Gasteiger partial charge in [-0.05, 0) is 47.2 Å². The van der Waals surface area contributed by atoms with Crippen molar-refractivity contribution in [3.8, 4) is 11.1 Å². The quantitative estimate of drug-likeness (QED) is 0.688. The number of hydrogen-bond donors (Lipinski definition) is 0. The molecule has 86 valence electrons. The normalized spacial score (nSPS) is 18.1. The molecule has 2 unspecified atom stereocenters. The van der Waals surface area contributed by atoms with Gasteiger partial charge in [-0.3, -0.25) is 0 Å². The molecule has 0 radical (unpaired) electrons. The minimum Gasteiger partial charge on any atom is -0.137 e. The fourth-order valence-electron chi connectivity index (χ4n) is 2.87. The van der Waals surface area contributed by atoms with E-state index in [0.717, 1.165) is 5.92 Å². The molecule has 0 saturated carbocycles. The summed E-state index contributed by atoms with van der Waals surface area (Å²) in [5.74, 6) is 0.749. The molecule has 0 bridgehead atoms. The highest BCUT2D eigenvalue weighted by atomic mass is 31.0. The number of fused-ring (bicyclic) bond motifs is 1. The van der Waals surface area contributed by atoms with Crippen LogP contribution in [-0.4, -0.2) is 6.16 Å². The van der Waals surface area contributed by atoms with Gasteiger partial charge in [0.25, 0.3) is 0 Å². The SMILES string of the molecule is PCC1CCc2c(-c3ccccc3)cccc21. The summed E-state index contributed by atoms with van der Waals surface area (Å²) in [4.78, 5) is 0. The minimum atomic E-state index is 0.749. The van der Waals surface area contributed by atoms with Crippen LogP contribution in [0.4, 0.5) is 0 Å². The molecule has 17 heavy (non-hydrogen) atoms. The topological polar surface area (TPSA) is 0 Å². The molecule has 0 heterocycles. The maximum atomic E-state index is 2.89. The van der Waals surface area contributed by atoms with Crippen molar-refractivity contribution in [2.75, 3.05) is 6.16 Å². The lowest BCUT2D eigenvalue weighted by Gasteiger charge is -2.11. The summed E-state index contributed by atoms with van der Waals surface area (Å²) >= 11 is 0. The van der Waals surface area contributed by atoms with Crippen molar-refractivity contribution in [2.24, 2.45) is 0 Å². The summed E-state index contributed by atoms with van der Waals surface area (Å²) < 4.78 is 0. The van der Waals surface area contributed by atoms with E-state index in [1.807, 2.05) is 0 Å². The first-order valence-corrected chi connectivity index (χ1v) is 7.09. The highest BCUT2D eigenvalue weighted by Gasteiger charge is 2.23. The molecule has 1 aliphatic carbocycles. The van der Waals surface area contributed by atoms with Gasteiger partial charge in [-0.15, -0.1) is 9.24 Å². The molecule has 0 aliphatic heterocycles. The molecule has 0 spiro atoms. The van der Waals surface area contributed by atoms with Crippen LogP contribution < -0.4 is 0 Å². The van der Waals surface area contributed by atoms with Gasteiger partial charge in [-0.1, -0.05) is 48.5 Å². The molecule has 0 amide bonds. The van der Waals surface area contributed by atoms with E-state index in [9.17, 15) is 0 Å². The Balaban J connectivity index is 2.12. The Morgan fingerprint density at radius 1 is 1.00 bits per heavy atom. The lowest BCUT2D eigenvalue weighted by molar-refractivity contribution is 0.757. The van der Waals surface area contributed by atoms with E-state index >= 15 is 0 Å². The van der Waals surface area contributed by atoms with Crippen LogP contribution in [0.5, 0.6) is 0 Å². The summed E-state index contributed by atoms with van der Waals surface area (Å²) in [7, 11) is 2.89. The van der Waals surface area contributed by atoms with Crippen molar-refractivity contribution in [3.05, 3.63) is 59.7 Å². The van der Waals surface area contributed by atoms with Gasteiger partial charge in [0.15, 0.2) is 0 Å². The van der Waals surface area contributed by atoms with E-state index in [4.69, 9.17) is 0 Å². The molecule has 0 fully saturated rings. The smallest absolute Gasteiger partial charge is 0.0121 e. The molecule has 3 rings (SSSR count). The second-order valence-electron chi connectivity index (χ2n) is 4.71. The predicted molar refractivity (Wildman–Crippen MR) is 77.5 cm³/mol. The lowest BCUT2D eigenvalue weighted by atomic mass is 9.95. The van der Waals surface area contributed by atoms with E-state index in [1.54, 1.807) is 11.1 Å². The van der Waals surface area contributed by atoms with E-state index in [0.29, 0.717) is 0 Å². The Hall–Kier alpha value is -1.13. The number of hydrogen-bond acceptors (Lipinski definition) is 0. The van der Waals surface area contributed by atoms with Gasteiger partial charge in [0, 0.05) is 0 Å². The van der Waals surface area contributed by atoms with Crippen molar-refractivity contribution in [1.29, 1.82) is 0 Å². The standard InChI is InChI=1S/C16H17P/c17-11-13-9-10-16-14(7-4-8-15(13)16)12-5-2-1-3-6-12/h1-8,13H,9-11,17H2. The Morgan fingerprint density at radius 2 is 1.82 bits per heavy atom. The van der Waals surface area contributed by atoms with Crippen LogP contribution in [0.25, 0.3) is 11.1 Å². The van der Waals surface area contributed by atoms with Gasteiger partial charge in [-0.2, -0.15) is 0 Å². The largest absolute Gasteiger partial charge is 0.137 e. The highest BCUT2D eigenvalue weighted by Crippen LogP contribution is 2.39. The molecule has 0 aromatic heterocycles. The predicted octanol–water partition coefficient (Wildman–Crippen LogP) is 4.26. The van der Waals surface area contributed by atoms with Crippen molar-refractivity contribution in [2.45, 2.75) is 18.8 Å². The zero-order valence-electron chi connectivity index (χ0n) is 9.89. The summed E-state index contributed by atoms with van der Waals surface area (Å²) in [6.45, 7) is 0. The molecular weight excluding hydrogens is 223 g/mol. The van der Waals surface area contributed by atoms with E-state index in [1.165, 1.54) is 30.1 Å². The fraction of sp³-hybridized carbons (Fsp3) is 0.250. The van der Waals surface area contributed by atoms with Crippen LogP contribution in [0.15, 0.2) is 48.5 Å². The van der Waals surface area contributed by atoms with Gasteiger partial charge < -0.3 is 0 Å². The van der Waals surface area contributed by atoms with Crippen molar-refractivity contribution < 1.29 is 0 Å². The first-order chi connectivity index (χ1) is 8.40. The van der Waals surface area contributed by atoms with Crippen LogP contribution >= 0.6 is 9.24 Å². The van der Waals surface area contributed by atoms with Crippen LogP contribution in [0.3, 0.4) is 0 Å². The molecule has 2 atom stereocenters. The average Bonchev–Trinajstić information content (AvgIpc) is 2.82. The maximum Gasteiger partial charge on any atom is -0.0121 e. The van der Waals surface area contributed by atoms with Crippen molar-refractivity contribution >= 4 is 9.24 Å². The van der Waals surface area contributed by atoms with Crippen molar-refractivity contribution in [3.63, 3.8) is 0 Å². The maximum absolute atomic E-state index is 2.89. The van der Waals surface area contributed by atoms with E-state index in [2.05, 4.69) is 57.8 Å². The van der Waals surface area contributed by atoms with E-state index < -0.39 is 0 Å². The zero-order valence-corrected chi connectivity index (χ0v) is 11.0. The lowest BCUT2D eigenvalue weighted by Crippen LogP contribution is -1.94. The van der Waals surface area contributed by atoms with Gasteiger partial charge in [0.2, 0.25) is 0 Å². The summed E-state index contributed by atoms with van der Waals surface area (Å²) in [5, 5.41) is 0. The Kier molecular flexibility index (Phi) is 2.99. The first kappa shape index (κ1) is 11.0. The zero-order chi connectivity index (χ0) is 11.7.